The van der Waals surface area contributed by atoms with Gasteiger partial charge in [0.25, 0.3) is 5.91 Å². The zero-order valence-electron chi connectivity index (χ0n) is 16.9. The van der Waals surface area contributed by atoms with Crippen molar-refractivity contribution in [1.29, 1.82) is 0 Å². The fraction of sp³-hybridized carbons (Fsp3) is 0.238. The summed E-state index contributed by atoms with van der Waals surface area (Å²) in [6.07, 6.45) is 6.76. The lowest BCUT2D eigenvalue weighted by molar-refractivity contribution is 0.0736. The van der Waals surface area contributed by atoms with Crippen LogP contribution in [0.15, 0.2) is 59.8 Å². The van der Waals surface area contributed by atoms with Crippen LogP contribution in [0.25, 0.3) is 17.1 Å². The number of nitrogens with zero attached hydrogens (tertiary/aromatic N) is 8. The van der Waals surface area contributed by atoms with E-state index >= 15 is 0 Å². The first-order chi connectivity index (χ1) is 15.2. The number of anilines is 1. The van der Waals surface area contributed by atoms with Gasteiger partial charge < -0.3 is 14.3 Å². The number of pyridine rings is 1. The molecule has 4 aromatic heterocycles. The van der Waals surface area contributed by atoms with E-state index < -0.39 is 0 Å². The van der Waals surface area contributed by atoms with E-state index in [9.17, 15) is 4.79 Å². The SMILES string of the molecule is Cc1ccn(-c2cc(N3CCN(C(=O)c4cc(-c5cccnc5)on4)CC3)ncn2)n1. The Hall–Kier alpha value is -4.08. The third kappa shape index (κ3) is 3.87. The van der Waals surface area contributed by atoms with Gasteiger partial charge in [-0.2, -0.15) is 5.10 Å². The molecule has 0 N–H and O–H groups in total. The molecular formula is C21H20N8O2. The Balaban J connectivity index is 1.25. The first kappa shape index (κ1) is 18.9. The molecule has 156 valence electrons. The summed E-state index contributed by atoms with van der Waals surface area (Å²) in [7, 11) is 0. The van der Waals surface area contributed by atoms with Crippen molar-refractivity contribution in [2.24, 2.45) is 0 Å². The van der Waals surface area contributed by atoms with Crippen molar-refractivity contribution >= 4 is 11.7 Å². The molecule has 4 aromatic rings. The van der Waals surface area contributed by atoms with E-state index in [1.807, 2.05) is 37.4 Å². The summed E-state index contributed by atoms with van der Waals surface area (Å²) in [4.78, 5) is 29.5. The monoisotopic (exact) mass is 416 g/mol. The lowest BCUT2D eigenvalue weighted by Gasteiger charge is -2.35. The van der Waals surface area contributed by atoms with Gasteiger partial charge in [-0.05, 0) is 25.1 Å². The second-order valence-electron chi connectivity index (χ2n) is 7.23. The van der Waals surface area contributed by atoms with Crippen molar-refractivity contribution in [2.75, 3.05) is 31.1 Å². The highest BCUT2D eigenvalue weighted by Crippen LogP contribution is 2.21. The normalized spacial score (nSPS) is 14.1. The van der Waals surface area contributed by atoms with Gasteiger partial charge in [-0.25, -0.2) is 14.6 Å². The molecule has 0 saturated carbocycles. The van der Waals surface area contributed by atoms with Crippen molar-refractivity contribution in [2.45, 2.75) is 6.92 Å². The summed E-state index contributed by atoms with van der Waals surface area (Å²) in [5, 5.41) is 8.35. The second-order valence-corrected chi connectivity index (χ2v) is 7.23. The summed E-state index contributed by atoms with van der Waals surface area (Å²) in [6.45, 7) is 4.38. The Labute approximate surface area is 178 Å². The summed E-state index contributed by atoms with van der Waals surface area (Å²) >= 11 is 0. The van der Waals surface area contributed by atoms with E-state index in [0.717, 1.165) is 17.1 Å². The van der Waals surface area contributed by atoms with Gasteiger partial charge in [0.05, 0.1) is 5.69 Å². The van der Waals surface area contributed by atoms with Gasteiger partial charge >= 0.3 is 0 Å². The Morgan fingerprint density at radius 2 is 1.90 bits per heavy atom. The van der Waals surface area contributed by atoms with Gasteiger partial charge in [-0.3, -0.25) is 9.78 Å². The number of aryl methyl sites for hydroxylation is 1. The zero-order chi connectivity index (χ0) is 21.2. The molecule has 10 heteroatoms. The van der Waals surface area contributed by atoms with Crippen LogP contribution in [0, 0.1) is 6.92 Å². The molecule has 1 aliphatic heterocycles. The number of hydrogen-bond donors (Lipinski definition) is 0. The fourth-order valence-corrected chi connectivity index (χ4v) is 3.50. The van der Waals surface area contributed by atoms with Gasteiger partial charge in [0.15, 0.2) is 17.3 Å². The van der Waals surface area contributed by atoms with Crippen LogP contribution in [0.4, 0.5) is 5.82 Å². The smallest absolute Gasteiger partial charge is 0.276 e. The third-order valence-corrected chi connectivity index (χ3v) is 5.16. The molecule has 0 unspecified atom stereocenters. The van der Waals surface area contributed by atoms with Crippen molar-refractivity contribution in [1.82, 2.24) is 34.8 Å². The molecule has 5 heterocycles. The number of hydrogen-bond acceptors (Lipinski definition) is 8. The van der Waals surface area contributed by atoms with Gasteiger partial charge in [0.2, 0.25) is 0 Å². The number of aromatic nitrogens is 6. The minimum atomic E-state index is -0.145. The highest BCUT2D eigenvalue weighted by atomic mass is 16.5. The maximum atomic E-state index is 12.9. The Morgan fingerprint density at radius 1 is 1.06 bits per heavy atom. The van der Waals surface area contributed by atoms with Crippen molar-refractivity contribution < 1.29 is 9.32 Å². The fourth-order valence-electron chi connectivity index (χ4n) is 3.50. The highest BCUT2D eigenvalue weighted by molar-refractivity contribution is 5.93. The molecule has 0 atom stereocenters. The number of piperazine rings is 1. The summed E-state index contributed by atoms with van der Waals surface area (Å²) < 4.78 is 7.06. The molecule has 0 aliphatic carbocycles. The van der Waals surface area contributed by atoms with Gasteiger partial charge in [0, 0.05) is 62.5 Å². The highest BCUT2D eigenvalue weighted by Gasteiger charge is 2.25. The van der Waals surface area contributed by atoms with Crippen LogP contribution >= 0.6 is 0 Å². The number of carbonyl (C=O) groups excluding carboxylic acids is 1. The predicted molar refractivity (Wildman–Crippen MR) is 112 cm³/mol. The summed E-state index contributed by atoms with van der Waals surface area (Å²) in [5.74, 6) is 1.90. The Kier molecular flexibility index (Phi) is 4.87. The van der Waals surface area contributed by atoms with Gasteiger partial charge in [-0.1, -0.05) is 5.16 Å². The molecule has 1 fully saturated rings. The standard InChI is InChI=1S/C21H20N8O2/c1-15-4-6-29(25-15)20-12-19(23-14-24-20)27-7-9-28(10-8-27)21(30)17-11-18(31-26-17)16-3-2-5-22-13-16/h2-6,11-14H,7-10H2,1H3. The van der Waals surface area contributed by atoms with Crippen LogP contribution in [-0.4, -0.2) is 66.9 Å². The number of rotatable bonds is 4. The predicted octanol–water partition coefficient (Wildman–Crippen LogP) is 1.98. The average molecular weight is 416 g/mol. The first-order valence-corrected chi connectivity index (χ1v) is 9.93. The molecule has 0 aromatic carbocycles. The minimum Gasteiger partial charge on any atom is -0.355 e. The molecular weight excluding hydrogens is 396 g/mol. The van der Waals surface area contributed by atoms with E-state index in [1.54, 1.807) is 28.0 Å². The van der Waals surface area contributed by atoms with Crippen LogP contribution in [-0.2, 0) is 0 Å². The molecule has 1 aliphatic rings. The Morgan fingerprint density at radius 3 is 2.65 bits per heavy atom. The maximum absolute atomic E-state index is 12.9. The Bertz CT molecular complexity index is 1190. The lowest BCUT2D eigenvalue weighted by atomic mass is 10.2. The molecule has 1 amide bonds. The molecule has 31 heavy (non-hydrogen) atoms. The third-order valence-electron chi connectivity index (χ3n) is 5.16. The first-order valence-electron chi connectivity index (χ1n) is 9.93. The molecule has 1 saturated heterocycles. The van der Waals surface area contributed by atoms with E-state index in [-0.39, 0.29) is 5.91 Å². The van der Waals surface area contributed by atoms with Crippen LogP contribution in [0.3, 0.4) is 0 Å². The summed E-state index contributed by atoms with van der Waals surface area (Å²) in [5.41, 5.74) is 2.00. The van der Waals surface area contributed by atoms with Crippen molar-refractivity contribution in [3.8, 4) is 17.1 Å². The molecule has 0 bridgehead atoms. The number of carbonyl (C=O) groups is 1. The van der Waals surface area contributed by atoms with Gasteiger partial charge in [-0.15, -0.1) is 0 Å². The molecule has 5 rings (SSSR count). The number of amides is 1. The van der Waals surface area contributed by atoms with E-state index in [1.165, 1.54) is 6.33 Å². The van der Waals surface area contributed by atoms with Crippen molar-refractivity contribution in [3.63, 3.8) is 0 Å². The molecule has 10 nitrogen and oxygen atoms in total. The second kappa shape index (κ2) is 7.98. The maximum Gasteiger partial charge on any atom is 0.276 e. The van der Waals surface area contributed by atoms with E-state index in [4.69, 9.17) is 4.52 Å². The topological polar surface area (TPSA) is 106 Å². The van der Waals surface area contributed by atoms with Crippen LogP contribution in [0.1, 0.15) is 16.2 Å². The molecule has 0 spiro atoms. The largest absolute Gasteiger partial charge is 0.355 e. The average Bonchev–Trinajstić information content (AvgIpc) is 3.49. The van der Waals surface area contributed by atoms with E-state index in [2.05, 4.69) is 30.1 Å². The summed E-state index contributed by atoms with van der Waals surface area (Å²) in [6, 6.07) is 9.16. The van der Waals surface area contributed by atoms with Crippen LogP contribution in [0.5, 0.6) is 0 Å². The van der Waals surface area contributed by atoms with Crippen LogP contribution < -0.4 is 4.90 Å². The van der Waals surface area contributed by atoms with Crippen LogP contribution in [0.2, 0.25) is 0 Å². The quantitative estimate of drug-likeness (QED) is 0.497. The molecule has 0 radical (unpaired) electrons. The lowest BCUT2D eigenvalue weighted by Crippen LogP contribution is -2.49. The zero-order valence-corrected chi connectivity index (χ0v) is 16.9. The van der Waals surface area contributed by atoms with E-state index in [0.29, 0.717) is 43.5 Å². The van der Waals surface area contributed by atoms with Gasteiger partial charge in [0.1, 0.15) is 12.1 Å². The minimum absolute atomic E-state index is 0.145. The van der Waals surface area contributed by atoms with Crippen molar-refractivity contribution in [3.05, 3.63) is 66.6 Å².